The highest BCUT2D eigenvalue weighted by molar-refractivity contribution is 7.92. The summed E-state index contributed by atoms with van der Waals surface area (Å²) in [4.78, 5) is 1.29. The van der Waals surface area contributed by atoms with Gasteiger partial charge >= 0.3 is 0 Å². The summed E-state index contributed by atoms with van der Waals surface area (Å²) in [5.41, 5.74) is 0.696. The summed E-state index contributed by atoms with van der Waals surface area (Å²) < 4.78 is 26.6. The summed E-state index contributed by atoms with van der Waals surface area (Å²) in [6.07, 6.45) is 1.56. The van der Waals surface area contributed by atoms with Gasteiger partial charge in [-0.25, -0.2) is 13.1 Å². The maximum atomic E-state index is 12.0. The average Bonchev–Trinajstić information content (AvgIpc) is 2.35. The van der Waals surface area contributed by atoms with Crippen molar-refractivity contribution in [2.75, 3.05) is 27.2 Å². The van der Waals surface area contributed by atoms with Crippen molar-refractivity contribution in [2.45, 2.75) is 13.8 Å². The van der Waals surface area contributed by atoms with Crippen LogP contribution in [0.3, 0.4) is 0 Å². The van der Waals surface area contributed by atoms with Crippen molar-refractivity contribution in [2.24, 2.45) is 5.41 Å². The van der Waals surface area contributed by atoms with Gasteiger partial charge < -0.3 is 4.90 Å². The smallest absolute Gasteiger partial charge is 0.233 e. The van der Waals surface area contributed by atoms with Crippen LogP contribution in [-0.2, 0) is 10.0 Å². The Morgan fingerprint density at radius 2 is 1.81 bits per heavy atom. The first-order valence-corrected chi connectivity index (χ1v) is 8.74. The first-order valence-electron chi connectivity index (χ1n) is 6.82. The molecule has 21 heavy (non-hydrogen) atoms. The van der Waals surface area contributed by atoms with E-state index < -0.39 is 10.0 Å². The predicted molar refractivity (Wildman–Crippen MR) is 88.9 cm³/mol. The molecule has 0 aliphatic rings. The monoisotopic (exact) mass is 331 g/mol. The minimum Gasteiger partial charge on any atom is -0.339 e. The third-order valence-electron chi connectivity index (χ3n) is 2.89. The van der Waals surface area contributed by atoms with Crippen molar-refractivity contribution in [3.63, 3.8) is 0 Å². The second kappa shape index (κ2) is 7.40. The van der Waals surface area contributed by atoms with Crippen molar-refractivity contribution in [1.82, 2.24) is 4.72 Å². The molecule has 2 N–H and O–H groups in total. The van der Waals surface area contributed by atoms with Crippen molar-refractivity contribution < 1.29 is 13.3 Å². The minimum absolute atomic E-state index is 0.0972. The molecule has 0 spiro atoms. The van der Waals surface area contributed by atoms with Gasteiger partial charge in [-0.15, -0.1) is 0 Å². The van der Waals surface area contributed by atoms with E-state index in [0.29, 0.717) is 11.6 Å². The van der Waals surface area contributed by atoms with Gasteiger partial charge in [-0.2, -0.15) is 0 Å². The topological polar surface area (TPSA) is 50.6 Å². The molecule has 0 heterocycles. The van der Waals surface area contributed by atoms with Crippen LogP contribution in [0.5, 0.6) is 0 Å². The lowest BCUT2D eigenvalue weighted by molar-refractivity contribution is -0.865. The normalized spacial score (nSPS) is 13.2. The van der Waals surface area contributed by atoms with Gasteiger partial charge in [0.15, 0.2) is 0 Å². The molecule has 0 aliphatic carbocycles. The number of benzene rings is 1. The number of hydrogen-bond donors (Lipinski definition) is 2. The molecule has 0 fully saturated rings. The summed E-state index contributed by atoms with van der Waals surface area (Å²) in [6.45, 7) is 5.39. The maximum Gasteiger partial charge on any atom is 0.233 e. The summed E-state index contributed by atoms with van der Waals surface area (Å²) in [5, 5.41) is 1.82. The number of nitrogens with one attached hydrogen (secondary N) is 2. The lowest BCUT2D eigenvalue weighted by atomic mass is 9.93. The fourth-order valence-electron chi connectivity index (χ4n) is 2.11. The van der Waals surface area contributed by atoms with E-state index in [1.807, 2.05) is 13.8 Å². The van der Waals surface area contributed by atoms with Crippen molar-refractivity contribution >= 4 is 27.7 Å². The molecule has 118 valence electrons. The zero-order chi connectivity index (χ0) is 16.1. The summed E-state index contributed by atoms with van der Waals surface area (Å²) in [6, 6.07) is 7.00. The van der Waals surface area contributed by atoms with E-state index in [2.05, 4.69) is 18.8 Å². The third kappa shape index (κ3) is 7.62. The van der Waals surface area contributed by atoms with Gasteiger partial charge in [-0.1, -0.05) is 37.6 Å². The molecule has 0 atom stereocenters. The molecule has 0 bridgehead atoms. The largest absolute Gasteiger partial charge is 0.339 e. The molecular formula is C15H24ClN2O2S+. The number of quaternary nitrogens is 1. The van der Waals surface area contributed by atoms with Crippen molar-refractivity contribution in [3.8, 4) is 0 Å². The molecule has 6 heteroatoms. The van der Waals surface area contributed by atoms with Crippen LogP contribution in [0.15, 0.2) is 29.7 Å². The van der Waals surface area contributed by atoms with E-state index in [9.17, 15) is 8.42 Å². The molecule has 0 saturated carbocycles. The molecule has 0 aliphatic heterocycles. The summed E-state index contributed by atoms with van der Waals surface area (Å²) >= 11 is 5.79. The lowest BCUT2D eigenvalue weighted by Gasteiger charge is -2.25. The maximum absolute atomic E-state index is 12.0. The van der Waals surface area contributed by atoms with Crippen LogP contribution in [0.2, 0.25) is 5.02 Å². The zero-order valence-electron chi connectivity index (χ0n) is 13.0. The fraction of sp³-hybridized carbons (Fsp3) is 0.467. The number of rotatable bonds is 7. The highest BCUT2D eigenvalue weighted by Crippen LogP contribution is 2.13. The highest BCUT2D eigenvalue weighted by atomic mass is 35.5. The van der Waals surface area contributed by atoms with Gasteiger partial charge in [-0.05, 0) is 23.8 Å². The van der Waals surface area contributed by atoms with Crippen LogP contribution in [0.25, 0.3) is 6.08 Å². The summed E-state index contributed by atoms with van der Waals surface area (Å²) in [7, 11) is 0.673. The first-order chi connectivity index (χ1) is 9.60. The standard InChI is InChI=1S/C15H23ClN2O2S/c1-15(2,12-18(3)4)11-17-21(19,20)10-9-13-5-7-14(16)8-6-13/h5-10,17H,11-12H2,1-4H3/p+1/b10-9+. The lowest BCUT2D eigenvalue weighted by Crippen LogP contribution is -3.07. The SMILES string of the molecule is C[NH+](C)CC(C)(C)CNS(=O)(=O)/C=C/c1ccc(Cl)cc1. The fourth-order valence-corrected chi connectivity index (χ4v) is 3.26. The second-order valence-electron chi connectivity index (χ2n) is 6.27. The quantitative estimate of drug-likeness (QED) is 0.793. The van der Waals surface area contributed by atoms with Gasteiger partial charge in [0.25, 0.3) is 0 Å². The number of hydrogen-bond acceptors (Lipinski definition) is 2. The third-order valence-corrected chi connectivity index (χ3v) is 4.19. The number of halogens is 1. The molecule has 1 rings (SSSR count). The predicted octanol–water partition coefficient (Wildman–Crippen LogP) is 1.40. The molecule has 1 aromatic carbocycles. The van der Waals surface area contributed by atoms with Crippen LogP contribution in [0, 0.1) is 5.41 Å². The Hall–Kier alpha value is -0.880. The van der Waals surface area contributed by atoms with E-state index in [0.717, 1.165) is 12.1 Å². The Labute approximate surface area is 132 Å². The Kier molecular flexibility index (Phi) is 6.41. The molecule has 4 nitrogen and oxygen atoms in total. The van der Waals surface area contributed by atoms with Crippen LogP contribution >= 0.6 is 11.6 Å². The zero-order valence-corrected chi connectivity index (χ0v) is 14.6. The number of sulfonamides is 1. The Morgan fingerprint density at radius 3 is 2.33 bits per heavy atom. The van der Waals surface area contributed by atoms with Gasteiger partial charge in [-0.3, -0.25) is 0 Å². The van der Waals surface area contributed by atoms with Gasteiger partial charge in [0, 0.05) is 22.4 Å². The van der Waals surface area contributed by atoms with Gasteiger partial charge in [0.05, 0.1) is 20.6 Å². The van der Waals surface area contributed by atoms with Crippen molar-refractivity contribution in [3.05, 3.63) is 40.3 Å². The van der Waals surface area contributed by atoms with Crippen LogP contribution in [0.4, 0.5) is 0 Å². The van der Waals surface area contributed by atoms with E-state index in [1.165, 1.54) is 10.3 Å². The molecule has 0 amide bonds. The molecule has 0 unspecified atom stereocenters. The van der Waals surface area contributed by atoms with Crippen LogP contribution in [-0.4, -0.2) is 35.6 Å². The Morgan fingerprint density at radius 1 is 1.24 bits per heavy atom. The molecule has 0 saturated heterocycles. The molecule has 0 radical (unpaired) electrons. The molecule has 0 aromatic heterocycles. The van der Waals surface area contributed by atoms with E-state index in [1.54, 1.807) is 30.3 Å². The van der Waals surface area contributed by atoms with Crippen LogP contribution in [0.1, 0.15) is 19.4 Å². The molecule has 1 aromatic rings. The Bertz CT molecular complexity index is 578. The van der Waals surface area contributed by atoms with Gasteiger partial charge in [0.1, 0.15) is 0 Å². The van der Waals surface area contributed by atoms with E-state index >= 15 is 0 Å². The average molecular weight is 332 g/mol. The second-order valence-corrected chi connectivity index (χ2v) is 8.36. The van der Waals surface area contributed by atoms with E-state index in [-0.39, 0.29) is 5.41 Å². The van der Waals surface area contributed by atoms with E-state index in [4.69, 9.17) is 11.6 Å². The first kappa shape index (κ1) is 18.2. The highest BCUT2D eigenvalue weighted by Gasteiger charge is 2.23. The summed E-state index contributed by atoms with van der Waals surface area (Å²) in [5.74, 6) is 0. The minimum atomic E-state index is -3.43. The van der Waals surface area contributed by atoms with Crippen molar-refractivity contribution in [1.29, 1.82) is 0 Å². The molecular weight excluding hydrogens is 308 g/mol. The van der Waals surface area contributed by atoms with Gasteiger partial charge in [0.2, 0.25) is 10.0 Å². The Balaban J connectivity index is 2.63. The van der Waals surface area contributed by atoms with Crippen LogP contribution < -0.4 is 9.62 Å².